The number of carbonyl (C=O) groups is 1. The van der Waals surface area contributed by atoms with E-state index < -0.39 is 5.91 Å². The Hall–Kier alpha value is -2.36. The first-order valence-electron chi connectivity index (χ1n) is 6.12. The summed E-state index contributed by atoms with van der Waals surface area (Å²) in [6.45, 7) is 2.56. The molecule has 1 amide bonds. The third kappa shape index (κ3) is 3.31. The van der Waals surface area contributed by atoms with E-state index in [1.807, 2.05) is 25.1 Å². The minimum absolute atomic E-state index is 0.127. The molecule has 0 spiro atoms. The summed E-state index contributed by atoms with van der Waals surface area (Å²) in [5.74, 6) is -0.524. The first-order valence-corrected chi connectivity index (χ1v) is 6.12. The number of hydrogen-bond acceptors (Lipinski definition) is 2. The van der Waals surface area contributed by atoms with Gasteiger partial charge in [-0.3, -0.25) is 9.59 Å². The fourth-order valence-electron chi connectivity index (χ4n) is 1.97. The van der Waals surface area contributed by atoms with Crippen molar-refractivity contribution in [2.45, 2.75) is 19.9 Å². The van der Waals surface area contributed by atoms with Gasteiger partial charge >= 0.3 is 0 Å². The van der Waals surface area contributed by atoms with Gasteiger partial charge in [-0.1, -0.05) is 29.8 Å². The molecule has 4 nitrogen and oxygen atoms in total. The SMILES string of the molecule is Cc1cccc(CCn2cc(C(N)=O)ccc2=O)c1. The van der Waals surface area contributed by atoms with Crippen molar-refractivity contribution < 1.29 is 4.79 Å². The molecule has 0 atom stereocenters. The van der Waals surface area contributed by atoms with Crippen molar-refractivity contribution >= 4 is 5.91 Å². The lowest BCUT2D eigenvalue weighted by Gasteiger charge is -2.07. The minimum atomic E-state index is -0.524. The van der Waals surface area contributed by atoms with Gasteiger partial charge in [-0.2, -0.15) is 0 Å². The predicted octanol–water partition coefficient (Wildman–Crippen LogP) is 1.50. The van der Waals surface area contributed by atoms with Gasteiger partial charge < -0.3 is 10.3 Å². The molecule has 0 bridgehead atoms. The van der Waals surface area contributed by atoms with Crippen molar-refractivity contribution in [1.29, 1.82) is 0 Å². The van der Waals surface area contributed by atoms with E-state index in [-0.39, 0.29) is 5.56 Å². The van der Waals surface area contributed by atoms with Gasteiger partial charge in [0.05, 0.1) is 5.56 Å². The number of nitrogens with two attached hydrogens (primary N) is 1. The topological polar surface area (TPSA) is 65.1 Å². The summed E-state index contributed by atoms with van der Waals surface area (Å²) < 4.78 is 1.52. The number of aromatic nitrogens is 1. The number of aryl methyl sites for hydroxylation is 3. The van der Waals surface area contributed by atoms with Crippen LogP contribution in [-0.4, -0.2) is 10.5 Å². The Balaban J connectivity index is 2.17. The zero-order chi connectivity index (χ0) is 13.8. The Bertz CT molecular complexity index is 659. The highest BCUT2D eigenvalue weighted by atomic mass is 16.1. The summed E-state index contributed by atoms with van der Waals surface area (Å²) in [6.07, 6.45) is 2.25. The molecule has 0 saturated carbocycles. The van der Waals surface area contributed by atoms with E-state index in [0.29, 0.717) is 12.1 Å². The van der Waals surface area contributed by atoms with Gasteiger partial charge in [-0.15, -0.1) is 0 Å². The molecule has 0 aliphatic rings. The maximum absolute atomic E-state index is 11.7. The lowest BCUT2D eigenvalue weighted by Crippen LogP contribution is -2.23. The van der Waals surface area contributed by atoms with E-state index in [1.165, 1.54) is 28.5 Å². The van der Waals surface area contributed by atoms with Crippen molar-refractivity contribution in [3.05, 3.63) is 69.6 Å². The Morgan fingerprint density at radius 3 is 2.74 bits per heavy atom. The number of carbonyl (C=O) groups excluding carboxylic acids is 1. The van der Waals surface area contributed by atoms with Gasteiger partial charge in [0.25, 0.3) is 5.56 Å². The second-order valence-electron chi connectivity index (χ2n) is 4.55. The Kier molecular flexibility index (Phi) is 3.80. The molecule has 0 fully saturated rings. The Labute approximate surface area is 111 Å². The van der Waals surface area contributed by atoms with E-state index in [2.05, 4.69) is 6.07 Å². The lowest BCUT2D eigenvalue weighted by atomic mass is 10.1. The number of rotatable bonds is 4. The highest BCUT2D eigenvalue weighted by Crippen LogP contribution is 2.05. The number of nitrogens with zero attached hydrogens (tertiary/aromatic N) is 1. The van der Waals surface area contributed by atoms with Gasteiger partial charge in [0.1, 0.15) is 0 Å². The van der Waals surface area contributed by atoms with Crippen LogP contribution in [0.25, 0.3) is 0 Å². The molecule has 98 valence electrons. The van der Waals surface area contributed by atoms with Crippen LogP contribution in [0.15, 0.2) is 47.4 Å². The molecule has 1 aromatic carbocycles. The fraction of sp³-hybridized carbons (Fsp3) is 0.200. The van der Waals surface area contributed by atoms with Crippen LogP contribution in [0, 0.1) is 6.92 Å². The summed E-state index contributed by atoms with van der Waals surface area (Å²) >= 11 is 0. The van der Waals surface area contributed by atoms with Gasteiger partial charge in [-0.05, 0) is 25.0 Å². The van der Waals surface area contributed by atoms with Crippen LogP contribution in [0.1, 0.15) is 21.5 Å². The van der Waals surface area contributed by atoms with E-state index in [0.717, 1.165) is 12.0 Å². The zero-order valence-corrected chi connectivity index (χ0v) is 10.8. The van der Waals surface area contributed by atoms with Crippen molar-refractivity contribution in [2.24, 2.45) is 5.73 Å². The molecule has 1 heterocycles. The average molecular weight is 256 g/mol. The van der Waals surface area contributed by atoms with Crippen LogP contribution in [0.3, 0.4) is 0 Å². The average Bonchev–Trinajstić information content (AvgIpc) is 2.37. The third-order valence-corrected chi connectivity index (χ3v) is 2.99. The van der Waals surface area contributed by atoms with Crippen molar-refractivity contribution in [1.82, 2.24) is 4.57 Å². The molecule has 0 saturated heterocycles. The second kappa shape index (κ2) is 5.52. The van der Waals surface area contributed by atoms with E-state index in [1.54, 1.807) is 0 Å². The monoisotopic (exact) mass is 256 g/mol. The van der Waals surface area contributed by atoms with Gasteiger partial charge in [0.15, 0.2) is 0 Å². The number of hydrogen-bond donors (Lipinski definition) is 1. The van der Waals surface area contributed by atoms with Crippen LogP contribution < -0.4 is 11.3 Å². The highest BCUT2D eigenvalue weighted by molar-refractivity contribution is 5.92. The van der Waals surface area contributed by atoms with E-state index in [4.69, 9.17) is 5.73 Å². The normalized spacial score (nSPS) is 10.4. The summed E-state index contributed by atoms with van der Waals surface area (Å²) in [6, 6.07) is 11.0. The molecule has 0 radical (unpaired) electrons. The number of benzene rings is 1. The molecule has 2 N–H and O–H groups in total. The predicted molar refractivity (Wildman–Crippen MR) is 74.1 cm³/mol. The van der Waals surface area contributed by atoms with Gasteiger partial charge in [0.2, 0.25) is 5.91 Å². The number of primary amides is 1. The Morgan fingerprint density at radius 1 is 1.26 bits per heavy atom. The third-order valence-electron chi connectivity index (χ3n) is 2.99. The van der Waals surface area contributed by atoms with Crippen LogP contribution in [0.2, 0.25) is 0 Å². The van der Waals surface area contributed by atoms with Crippen molar-refractivity contribution in [3.8, 4) is 0 Å². The molecule has 2 aromatic rings. The maximum atomic E-state index is 11.7. The zero-order valence-electron chi connectivity index (χ0n) is 10.8. The smallest absolute Gasteiger partial charge is 0.250 e. The quantitative estimate of drug-likeness (QED) is 0.900. The number of amides is 1. The van der Waals surface area contributed by atoms with Crippen LogP contribution in [0.4, 0.5) is 0 Å². The molecule has 0 aliphatic heterocycles. The molecular weight excluding hydrogens is 240 g/mol. The van der Waals surface area contributed by atoms with Crippen molar-refractivity contribution in [2.75, 3.05) is 0 Å². The van der Waals surface area contributed by atoms with Crippen LogP contribution in [-0.2, 0) is 13.0 Å². The van der Waals surface area contributed by atoms with E-state index >= 15 is 0 Å². The first-order chi connectivity index (χ1) is 9.06. The van der Waals surface area contributed by atoms with Gasteiger partial charge in [0, 0.05) is 18.8 Å². The fourth-order valence-corrected chi connectivity index (χ4v) is 1.97. The lowest BCUT2D eigenvalue weighted by molar-refractivity contribution is 0.0999. The molecule has 19 heavy (non-hydrogen) atoms. The molecule has 0 unspecified atom stereocenters. The van der Waals surface area contributed by atoms with E-state index in [9.17, 15) is 9.59 Å². The first kappa shape index (κ1) is 13.1. The Morgan fingerprint density at radius 2 is 2.05 bits per heavy atom. The molecular formula is C15H16N2O2. The minimum Gasteiger partial charge on any atom is -0.366 e. The van der Waals surface area contributed by atoms with Crippen molar-refractivity contribution in [3.63, 3.8) is 0 Å². The second-order valence-corrected chi connectivity index (χ2v) is 4.55. The molecule has 0 aliphatic carbocycles. The molecule has 1 aromatic heterocycles. The highest BCUT2D eigenvalue weighted by Gasteiger charge is 2.03. The number of pyridine rings is 1. The molecule has 4 heteroatoms. The van der Waals surface area contributed by atoms with Crippen LogP contribution >= 0.6 is 0 Å². The summed E-state index contributed by atoms with van der Waals surface area (Å²) in [5.41, 5.74) is 7.78. The summed E-state index contributed by atoms with van der Waals surface area (Å²) in [5, 5.41) is 0. The largest absolute Gasteiger partial charge is 0.366 e. The molecule has 2 rings (SSSR count). The standard InChI is InChI=1S/C15H16N2O2/c1-11-3-2-4-12(9-11)7-8-17-10-13(15(16)19)5-6-14(17)18/h2-6,9-10H,7-8H2,1H3,(H2,16,19). The summed E-state index contributed by atoms with van der Waals surface area (Å²) in [7, 11) is 0. The maximum Gasteiger partial charge on any atom is 0.250 e. The summed E-state index contributed by atoms with van der Waals surface area (Å²) in [4.78, 5) is 22.8. The van der Waals surface area contributed by atoms with Gasteiger partial charge in [-0.25, -0.2) is 0 Å². The van der Waals surface area contributed by atoms with Crippen LogP contribution in [0.5, 0.6) is 0 Å².